The van der Waals surface area contributed by atoms with Crippen molar-refractivity contribution >= 4 is 0 Å². The van der Waals surface area contributed by atoms with Crippen LogP contribution in [0.25, 0.3) is 0 Å². The van der Waals surface area contributed by atoms with Gasteiger partial charge in [-0.05, 0) is 58.3 Å². The summed E-state index contributed by atoms with van der Waals surface area (Å²) in [7, 11) is 6.31. The van der Waals surface area contributed by atoms with Gasteiger partial charge in [0, 0.05) is 6.54 Å². The van der Waals surface area contributed by atoms with Crippen LogP contribution in [0, 0.1) is 11.3 Å². The van der Waals surface area contributed by atoms with Gasteiger partial charge >= 0.3 is 0 Å². The number of nitrogens with zero attached hydrogens (tertiary/aromatic N) is 3. The molecule has 0 amide bonds. The van der Waals surface area contributed by atoms with Crippen molar-refractivity contribution in [2.45, 2.75) is 13.0 Å². The normalized spacial score (nSPS) is 10.8. The Kier molecular flexibility index (Phi) is 5.68. The van der Waals surface area contributed by atoms with Crippen molar-refractivity contribution in [3.05, 3.63) is 35.4 Å². The van der Waals surface area contributed by atoms with Gasteiger partial charge in [-0.2, -0.15) is 5.26 Å². The molecule has 17 heavy (non-hydrogen) atoms. The van der Waals surface area contributed by atoms with Gasteiger partial charge in [0.2, 0.25) is 0 Å². The molecule has 0 unspecified atom stereocenters. The zero-order valence-corrected chi connectivity index (χ0v) is 11.0. The van der Waals surface area contributed by atoms with E-state index in [1.165, 1.54) is 12.0 Å². The van der Waals surface area contributed by atoms with E-state index in [4.69, 9.17) is 5.26 Å². The Morgan fingerprint density at radius 3 is 2.59 bits per heavy atom. The average Bonchev–Trinajstić information content (AvgIpc) is 2.28. The van der Waals surface area contributed by atoms with E-state index < -0.39 is 0 Å². The lowest BCUT2D eigenvalue weighted by Crippen LogP contribution is -2.23. The van der Waals surface area contributed by atoms with Crippen LogP contribution in [0.5, 0.6) is 0 Å². The summed E-state index contributed by atoms with van der Waals surface area (Å²) in [6, 6.07) is 10.00. The molecule has 3 heteroatoms. The van der Waals surface area contributed by atoms with Gasteiger partial charge < -0.3 is 9.80 Å². The van der Waals surface area contributed by atoms with Crippen LogP contribution in [0.3, 0.4) is 0 Å². The van der Waals surface area contributed by atoms with Crippen LogP contribution in [0.1, 0.15) is 17.5 Å². The van der Waals surface area contributed by atoms with Crippen molar-refractivity contribution in [3.63, 3.8) is 0 Å². The van der Waals surface area contributed by atoms with Gasteiger partial charge in [-0.3, -0.25) is 0 Å². The molecule has 0 saturated carbocycles. The monoisotopic (exact) mass is 231 g/mol. The number of nitriles is 1. The van der Waals surface area contributed by atoms with Gasteiger partial charge in [-0.1, -0.05) is 12.1 Å². The minimum Gasteiger partial charge on any atom is -0.309 e. The number of hydrogen-bond acceptors (Lipinski definition) is 3. The van der Waals surface area contributed by atoms with E-state index >= 15 is 0 Å². The summed E-state index contributed by atoms with van der Waals surface area (Å²) in [4.78, 5) is 4.49. The molecule has 0 aliphatic carbocycles. The molecule has 0 fully saturated rings. The smallest absolute Gasteiger partial charge is 0.0991 e. The number of hydrogen-bond donors (Lipinski definition) is 0. The van der Waals surface area contributed by atoms with Crippen LogP contribution < -0.4 is 0 Å². The second kappa shape index (κ2) is 7.05. The Balaban J connectivity index is 2.39. The molecule has 0 aliphatic heterocycles. The third-order valence-electron chi connectivity index (χ3n) is 2.65. The topological polar surface area (TPSA) is 30.3 Å². The third-order valence-corrected chi connectivity index (χ3v) is 2.65. The molecule has 0 spiro atoms. The van der Waals surface area contributed by atoms with Crippen molar-refractivity contribution in [1.29, 1.82) is 5.26 Å². The molecule has 0 aromatic heterocycles. The highest BCUT2D eigenvalue weighted by molar-refractivity contribution is 5.32. The molecular formula is C14H21N3. The largest absolute Gasteiger partial charge is 0.309 e. The summed E-state index contributed by atoms with van der Waals surface area (Å²) in [6.07, 6.45) is 1.17. The lowest BCUT2D eigenvalue weighted by molar-refractivity contribution is 0.294. The van der Waals surface area contributed by atoms with Crippen molar-refractivity contribution in [2.24, 2.45) is 0 Å². The Morgan fingerprint density at radius 1 is 1.18 bits per heavy atom. The molecule has 0 atom stereocenters. The van der Waals surface area contributed by atoms with E-state index in [-0.39, 0.29) is 0 Å². The van der Waals surface area contributed by atoms with Crippen molar-refractivity contribution < 1.29 is 0 Å². The first-order chi connectivity index (χ1) is 8.11. The van der Waals surface area contributed by atoms with Crippen molar-refractivity contribution in [1.82, 2.24) is 9.80 Å². The van der Waals surface area contributed by atoms with Crippen molar-refractivity contribution in [2.75, 3.05) is 34.2 Å². The number of benzene rings is 1. The Morgan fingerprint density at radius 2 is 1.94 bits per heavy atom. The van der Waals surface area contributed by atoms with Gasteiger partial charge in [0.1, 0.15) is 0 Å². The molecule has 3 nitrogen and oxygen atoms in total. The summed E-state index contributed by atoms with van der Waals surface area (Å²) in [5, 5.41) is 8.83. The number of rotatable bonds is 6. The summed E-state index contributed by atoms with van der Waals surface area (Å²) in [6.45, 7) is 3.10. The molecular weight excluding hydrogens is 210 g/mol. The molecule has 0 bridgehead atoms. The summed E-state index contributed by atoms with van der Waals surface area (Å²) in [5.74, 6) is 0. The lowest BCUT2D eigenvalue weighted by Gasteiger charge is -2.18. The molecule has 0 aliphatic rings. The molecule has 0 heterocycles. The summed E-state index contributed by atoms with van der Waals surface area (Å²) in [5.41, 5.74) is 1.94. The van der Waals surface area contributed by atoms with E-state index in [1.54, 1.807) is 0 Å². The molecule has 1 rings (SSSR count). The fourth-order valence-electron chi connectivity index (χ4n) is 1.79. The Labute approximate surface area is 104 Å². The zero-order chi connectivity index (χ0) is 12.7. The highest BCUT2D eigenvalue weighted by Crippen LogP contribution is 2.07. The van der Waals surface area contributed by atoms with Gasteiger partial charge in [-0.25, -0.2) is 0 Å². The predicted octanol–water partition coefficient (Wildman–Crippen LogP) is 1.94. The van der Waals surface area contributed by atoms with Crippen LogP contribution in [0.4, 0.5) is 0 Å². The lowest BCUT2D eigenvalue weighted by atomic mass is 10.1. The van der Waals surface area contributed by atoms with E-state index in [1.807, 2.05) is 18.2 Å². The standard InChI is InChI=1S/C14H21N3/c1-16(2)8-5-9-17(3)12-14-7-4-6-13(10-14)11-15/h4,6-7,10H,5,8-9,12H2,1-3H3. The summed E-state index contributed by atoms with van der Waals surface area (Å²) < 4.78 is 0. The van der Waals surface area contributed by atoms with Crippen molar-refractivity contribution in [3.8, 4) is 6.07 Å². The van der Waals surface area contributed by atoms with Gasteiger partial charge in [0.05, 0.1) is 11.6 Å². The van der Waals surface area contributed by atoms with E-state index in [0.717, 1.165) is 25.2 Å². The van der Waals surface area contributed by atoms with Gasteiger partial charge in [0.25, 0.3) is 0 Å². The minimum atomic E-state index is 0.740. The molecule has 0 saturated heterocycles. The highest BCUT2D eigenvalue weighted by atomic mass is 15.1. The third kappa shape index (κ3) is 5.48. The SMILES string of the molecule is CN(C)CCCN(C)Cc1cccc(C#N)c1. The predicted molar refractivity (Wildman–Crippen MR) is 70.7 cm³/mol. The van der Waals surface area contributed by atoms with Crippen LogP contribution in [-0.4, -0.2) is 44.0 Å². The summed E-state index contributed by atoms with van der Waals surface area (Å²) >= 11 is 0. The van der Waals surface area contributed by atoms with E-state index in [2.05, 4.69) is 43.1 Å². The van der Waals surface area contributed by atoms with E-state index in [9.17, 15) is 0 Å². The first-order valence-corrected chi connectivity index (χ1v) is 5.94. The Bertz CT molecular complexity index is 379. The van der Waals surface area contributed by atoms with Crippen LogP contribution in [0.2, 0.25) is 0 Å². The quantitative estimate of drug-likeness (QED) is 0.749. The molecule has 0 N–H and O–H groups in total. The zero-order valence-electron chi connectivity index (χ0n) is 11.0. The molecule has 1 aromatic rings. The maximum absolute atomic E-state index is 8.83. The maximum atomic E-state index is 8.83. The highest BCUT2D eigenvalue weighted by Gasteiger charge is 2.01. The molecule has 92 valence electrons. The van der Waals surface area contributed by atoms with E-state index in [0.29, 0.717) is 0 Å². The van der Waals surface area contributed by atoms with Crippen LogP contribution >= 0.6 is 0 Å². The fourth-order valence-corrected chi connectivity index (χ4v) is 1.79. The van der Waals surface area contributed by atoms with Crippen LogP contribution in [0.15, 0.2) is 24.3 Å². The average molecular weight is 231 g/mol. The minimum absolute atomic E-state index is 0.740. The second-order valence-corrected chi connectivity index (χ2v) is 4.71. The second-order valence-electron chi connectivity index (χ2n) is 4.71. The maximum Gasteiger partial charge on any atom is 0.0991 e. The van der Waals surface area contributed by atoms with Crippen LogP contribution in [-0.2, 0) is 6.54 Å². The Hall–Kier alpha value is -1.37. The van der Waals surface area contributed by atoms with Gasteiger partial charge in [-0.15, -0.1) is 0 Å². The molecule has 0 radical (unpaired) electrons. The first-order valence-electron chi connectivity index (χ1n) is 5.94. The first kappa shape index (κ1) is 13.7. The fraction of sp³-hybridized carbons (Fsp3) is 0.500. The molecule has 1 aromatic carbocycles. The van der Waals surface area contributed by atoms with Gasteiger partial charge in [0.15, 0.2) is 0 Å².